The Bertz CT molecular complexity index is 296. The molecule has 6 nitrogen and oxygen atoms in total. The molecule has 1 aliphatic heterocycles. The monoisotopic (exact) mass is 257 g/mol. The van der Waals surface area contributed by atoms with Crippen molar-refractivity contribution in [3.05, 3.63) is 0 Å². The summed E-state index contributed by atoms with van der Waals surface area (Å²) in [7, 11) is 0. The maximum absolute atomic E-state index is 11.7. The van der Waals surface area contributed by atoms with Crippen LogP contribution in [0.25, 0.3) is 0 Å². The molecule has 0 radical (unpaired) electrons. The molecule has 1 rings (SSSR count). The van der Waals surface area contributed by atoms with Gasteiger partial charge < -0.3 is 21.5 Å². The van der Waals surface area contributed by atoms with Gasteiger partial charge in [0.2, 0.25) is 11.8 Å². The Morgan fingerprint density at radius 1 is 1.56 bits per heavy atom. The molecular formula is C12H23N3O3. The highest BCUT2D eigenvalue weighted by Gasteiger charge is 2.23. The molecule has 1 aliphatic rings. The van der Waals surface area contributed by atoms with Gasteiger partial charge in [0.1, 0.15) is 0 Å². The van der Waals surface area contributed by atoms with Gasteiger partial charge in [-0.3, -0.25) is 9.59 Å². The summed E-state index contributed by atoms with van der Waals surface area (Å²) >= 11 is 0. The minimum atomic E-state index is -0.551. The number of nitrogens with one attached hydrogen (secondary N) is 2. The van der Waals surface area contributed by atoms with Crippen LogP contribution in [0.2, 0.25) is 0 Å². The first kappa shape index (κ1) is 14.9. The number of carbonyl (C=O) groups excluding carboxylic acids is 2. The summed E-state index contributed by atoms with van der Waals surface area (Å²) in [4.78, 5) is 22.5. The van der Waals surface area contributed by atoms with Crippen molar-refractivity contribution in [1.82, 2.24) is 10.6 Å². The molecule has 6 heteroatoms. The maximum atomic E-state index is 11.7. The van der Waals surface area contributed by atoms with Crippen LogP contribution in [0, 0.1) is 5.92 Å². The summed E-state index contributed by atoms with van der Waals surface area (Å²) in [6.45, 7) is 3.07. The van der Waals surface area contributed by atoms with Crippen molar-refractivity contribution in [2.45, 2.75) is 44.8 Å². The molecule has 0 saturated carbocycles. The molecule has 0 spiro atoms. The van der Waals surface area contributed by atoms with E-state index in [-0.39, 0.29) is 30.2 Å². The van der Waals surface area contributed by atoms with Gasteiger partial charge in [0.05, 0.1) is 12.1 Å². The van der Waals surface area contributed by atoms with Gasteiger partial charge in [0.15, 0.2) is 0 Å². The number of carbonyl (C=O) groups is 2. The van der Waals surface area contributed by atoms with Crippen molar-refractivity contribution in [1.29, 1.82) is 0 Å². The van der Waals surface area contributed by atoms with Crippen LogP contribution in [0.1, 0.15) is 32.6 Å². The Hall–Kier alpha value is -1.14. The normalized spacial score (nSPS) is 26.1. The highest BCUT2D eigenvalue weighted by atomic mass is 16.3. The van der Waals surface area contributed by atoms with Gasteiger partial charge in [0.25, 0.3) is 0 Å². The molecule has 1 saturated heterocycles. The lowest BCUT2D eigenvalue weighted by molar-refractivity contribution is -0.124. The summed E-state index contributed by atoms with van der Waals surface area (Å²) in [5.74, 6) is -0.813. The third-order valence-corrected chi connectivity index (χ3v) is 3.32. The van der Waals surface area contributed by atoms with Gasteiger partial charge in [-0.15, -0.1) is 0 Å². The molecule has 5 N–H and O–H groups in total. The number of aliphatic hydroxyl groups is 1. The first-order valence-electron chi connectivity index (χ1n) is 6.48. The Balaban J connectivity index is 2.32. The number of aliphatic hydroxyl groups excluding tert-OH is 1. The molecule has 0 bridgehead atoms. The summed E-state index contributed by atoms with van der Waals surface area (Å²) in [6, 6.07) is -0.198. The summed E-state index contributed by atoms with van der Waals surface area (Å²) < 4.78 is 0. The third-order valence-electron chi connectivity index (χ3n) is 3.32. The quantitative estimate of drug-likeness (QED) is 0.513. The van der Waals surface area contributed by atoms with E-state index in [0.29, 0.717) is 13.0 Å². The van der Waals surface area contributed by atoms with Gasteiger partial charge in [-0.25, -0.2) is 0 Å². The van der Waals surface area contributed by atoms with E-state index >= 15 is 0 Å². The SMILES string of the molecule is CC(CCC(=O)NC1CCCNC[C@@H]1O)C(N)=O. The standard InChI is InChI=1S/C12H23N3O3/c1-8(12(13)18)4-5-11(17)15-9-3-2-6-14-7-10(9)16/h8-10,14,16H,2-7H2,1H3,(H2,13,18)(H,15,17)/t8?,9?,10-/m0/s1. The Morgan fingerprint density at radius 2 is 2.28 bits per heavy atom. The van der Waals surface area contributed by atoms with Gasteiger partial charge in [-0.05, 0) is 25.8 Å². The number of rotatable bonds is 5. The maximum Gasteiger partial charge on any atom is 0.220 e. The summed E-state index contributed by atoms with van der Waals surface area (Å²) in [5, 5.41) is 15.7. The summed E-state index contributed by atoms with van der Waals surface area (Å²) in [5.41, 5.74) is 5.13. The molecule has 2 amide bonds. The predicted molar refractivity (Wildman–Crippen MR) is 67.6 cm³/mol. The number of hydrogen-bond donors (Lipinski definition) is 4. The lowest BCUT2D eigenvalue weighted by Gasteiger charge is -2.21. The van der Waals surface area contributed by atoms with Crippen LogP contribution >= 0.6 is 0 Å². The molecule has 0 aromatic rings. The average Bonchev–Trinajstić information content (AvgIpc) is 2.52. The molecule has 1 heterocycles. The topological polar surface area (TPSA) is 104 Å². The largest absolute Gasteiger partial charge is 0.390 e. The van der Waals surface area contributed by atoms with Crippen LogP contribution in [0.3, 0.4) is 0 Å². The third kappa shape index (κ3) is 5.01. The Kier molecular flexibility index (Phi) is 6.07. The molecule has 0 aromatic heterocycles. The minimum absolute atomic E-state index is 0.131. The Morgan fingerprint density at radius 3 is 2.94 bits per heavy atom. The molecule has 3 atom stereocenters. The first-order valence-corrected chi connectivity index (χ1v) is 6.48. The minimum Gasteiger partial charge on any atom is -0.390 e. The van der Waals surface area contributed by atoms with E-state index in [0.717, 1.165) is 19.4 Å². The van der Waals surface area contributed by atoms with Crippen LogP contribution in [-0.4, -0.2) is 42.2 Å². The van der Waals surface area contributed by atoms with Crippen molar-refractivity contribution in [3.63, 3.8) is 0 Å². The van der Waals surface area contributed by atoms with Crippen molar-refractivity contribution in [3.8, 4) is 0 Å². The van der Waals surface area contributed by atoms with E-state index in [1.807, 2.05) is 0 Å². The van der Waals surface area contributed by atoms with E-state index in [1.165, 1.54) is 0 Å². The first-order chi connectivity index (χ1) is 8.50. The lowest BCUT2D eigenvalue weighted by Crippen LogP contribution is -2.45. The zero-order chi connectivity index (χ0) is 13.5. The molecule has 0 aliphatic carbocycles. The van der Waals surface area contributed by atoms with Crippen molar-refractivity contribution in [2.24, 2.45) is 11.7 Å². The van der Waals surface area contributed by atoms with Crippen LogP contribution in [0.15, 0.2) is 0 Å². The number of β-amino-alcohol motifs (C(OH)–C–C–N with tert-alkyl or cyclic N) is 1. The van der Waals surface area contributed by atoms with Gasteiger partial charge in [-0.1, -0.05) is 6.92 Å². The number of hydrogen-bond acceptors (Lipinski definition) is 4. The number of nitrogens with two attached hydrogens (primary N) is 1. The number of primary amides is 1. The van der Waals surface area contributed by atoms with Crippen molar-refractivity contribution in [2.75, 3.05) is 13.1 Å². The van der Waals surface area contributed by atoms with E-state index in [1.54, 1.807) is 6.92 Å². The van der Waals surface area contributed by atoms with Crippen molar-refractivity contribution < 1.29 is 14.7 Å². The molecule has 2 unspecified atom stereocenters. The summed E-state index contributed by atoms with van der Waals surface area (Å²) in [6.07, 6.45) is 1.86. The second kappa shape index (κ2) is 7.33. The van der Waals surface area contributed by atoms with Gasteiger partial charge in [0, 0.05) is 18.9 Å². The smallest absolute Gasteiger partial charge is 0.220 e. The average molecular weight is 257 g/mol. The highest BCUT2D eigenvalue weighted by Crippen LogP contribution is 2.08. The van der Waals surface area contributed by atoms with E-state index in [4.69, 9.17) is 5.73 Å². The van der Waals surface area contributed by atoms with E-state index in [2.05, 4.69) is 10.6 Å². The van der Waals surface area contributed by atoms with Crippen LogP contribution in [0.4, 0.5) is 0 Å². The van der Waals surface area contributed by atoms with Crippen LogP contribution in [0.5, 0.6) is 0 Å². The van der Waals surface area contributed by atoms with E-state index in [9.17, 15) is 14.7 Å². The molecule has 18 heavy (non-hydrogen) atoms. The predicted octanol–water partition coefficient (Wildman–Crippen LogP) is -0.883. The second-order valence-corrected chi connectivity index (χ2v) is 4.93. The molecular weight excluding hydrogens is 234 g/mol. The highest BCUT2D eigenvalue weighted by molar-refractivity contribution is 5.79. The van der Waals surface area contributed by atoms with Crippen molar-refractivity contribution >= 4 is 11.8 Å². The molecule has 0 aromatic carbocycles. The fraction of sp³-hybridized carbons (Fsp3) is 0.833. The van der Waals surface area contributed by atoms with Gasteiger partial charge in [-0.2, -0.15) is 0 Å². The molecule has 1 fully saturated rings. The zero-order valence-electron chi connectivity index (χ0n) is 10.8. The van der Waals surface area contributed by atoms with Gasteiger partial charge >= 0.3 is 0 Å². The number of amides is 2. The van der Waals surface area contributed by atoms with Crippen LogP contribution in [-0.2, 0) is 9.59 Å². The van der Waals surface area contributed by atoms with Crippen LogP contribution < -0.4 is 16.4 Å². The van der Waals surface area contributed by atoms with E-state index < -0.39 is 6.10 Å². The lowest BCUT2D eigenvalue weighted by atomic mass is 10.0. The Labute approximate surface area is 107 Å². The zero-order valence-corrected chi connectivity index (χ0v) is 10.8. The molecule has 104 valence electrons. The second-order valence-electron chi connectivity index (χ2n) is 4.93. The fourth-order valence-corrected chi connectivity index (χ4v) is 1.97. The fourth-order valence-electron chi connectivity index (χ4n) is 1.97.